The highest BCUT2D eigenvalue weighted by atomic mass is 32.2. The Morgan fingerprint density at radius 1 is 1.46 bits per heavy atom. The van der Waals surface area contributed by atoms with E-state index in [9.17, 15) is 31.1 Å². The Balaban J connectivity index is 2.39. The maximum atomic E-state index is 14.5. The van der Waals surface area contributed by atoms with E-state index in [1.54, 1.807) is 4.72 Å². The molecule has 2 rings (SSSR count). The van der Waals surface area contributed by atoms with E-state index in [1.807, 2.05) is 0 Å². The molecule has 130 valence electrons. The number of carbonyl (C=O) groups is 1. The number of phenolic OH excluding ortho intramolecular Hbond substituents is 1. The van der Waals surface area contributed by atoms with Gasteiger partial charge < -0.3 is 5.11 Å². The number of carbonyl (C=O) groups excluding carboxylic acids is 1. The maximum Gasteiger partial charge on any atom is 0.326 e. The van der Waals surface area contributed by atoms with E-state index in [0.717, 1.165) is 18.4 Å². The van der Waals surface area contributed by atoms with Crippen molar-refractivity contribution in [3.05, 3.63) is 23.5 Å². The zero-order chi connectivity index (χ0) is 18.1. The molecule has 0 bridgehead atoms. The van der Waals surface area contributed by atoms with Gasteiger partial charge in [-0.15, -0.1) is 0 Å². The predicted octanol–water partition coefficient (Wildman–Crippen LogP) is -1.39. The van der Waals surface area contributed by atoms with Gasteiger partial charge in [-0.3, -0.25) is 4.79 Å². The van der Waals surface area contributed by atoms with Crippen molar-refractivity contribution in [2.45, 2.75) is 0 Å². The van der Waals surface area contributed by atoms with Crippen LogP contribution in [0.1, 0.15) is 5.56 Å². The van der Waals surface area contributed by atoms with Crippen molar-refractivity contribution in [2.75, 3.05) is 23.7 Å². The molecule has 0 saturated carbocycles. The number of anilines is 1. The third-order valence-corrected chi connectivity index (χ3v) is 4.86. The number of hydrogen-bond acceptors (Lipinski definition) is 6. The molecular formula is C12H12FN3O6S2. The van der Waals surface area contributed by atoms with E-state index in [4.69, 9.17) is 0 Å². The van der Waals surface area contributed by atoms with Crippen LogP contribution in [0, 0.1) is 17.7 Å². The van der Waals surface area contributed by atoms with Crippen LogP contribution in [0.3, 0.4) is 0 Å². The summed E-state index contributed by atoms with van der Waals surface area (Å²) in [5.74, 6) is 1.97. The average molecular weight is 377 g/mol. The lowest BCUT2D eigenvalue weighted by Gasteiger charge is -2.17. The summed E-state index contributed by atoms with van der Waals surface area (Å²) in [6.45, 7) is -0.962. The molecule has 1 fully saturated rings. The Bertz CT molecular complexity index is 962. The largest absolute Gasteiger partial charge is 0.506 e. The number of rotatable bonds is 3. The van der Waals surface area contributed by atoms with Crippen LogP contribution in [-0.4, -0.2) is 47.2 Å². The zero-order valence-corrected chi connectivity index (χ0v) is 13.8. The fourth-order valence-corrected chi connectivity index (χ4v) is 3.34. The highest BCUT2D eigenvalue weighted by Gasteiger charge is 2.37. The van der Waals surface area contributed by atoms with Crippen molar-refractivity contribution >= 4 is 31.8 Å². The molecule has 1 heterocycles. The molecule has 24 heavy (non-hydrogen) atoms. The number of aromatic hydroxyl groups is 1. The molecule has 0 spiro atoms. The Labute approximate surface area is 137 Å². The molecule has 0 atom stereocenters. The van der Waals surface area contributed by atoms with Crippen LogP contribution in [0.4, 0.5) is 10.1 Å². The van der Waals surface area contributed by atoms with Crippen LogP contribution in [0.25, 0.3) is 0 Å². The molecule has 0 aromatic heterocycles. The third kappa shape index (κ3) is 3.94. The maximum absolute atomic E-state index is 14.5. The van der Waals surface area contributed by atoms with Gasteiger partial charge in [0.2, 0.25) is 10.0 Å². The Morgan fingerprint density at radius 2 is 2.12 bits per heavy atom. The summed E-state index contributed by atoms with van der Waals surface area (Å²) in [7, 11) is -7.76. The number of phenols is 1. The number of halogens is 1. The molecule has 3 N–H and O–H groups in total. The lowest BCUT2D eigenvalue weighted by Crippen LogP contribution is -2.30. The number of nitrogens with zero attached hydrogens (tertiary/aromatic N) is 1. The van der Waals surface area contributed by atoms with Gasteiger partial charge in [0.05, 0.1) is 18.4 Å². The van der Waals surface area contributed by atoms with Gasteiger partial charge in [0.25, 0.3) is 5.91 Å². The number of benzene rings is 1. The topological polar surface area (TPSA) is 133 Å². The van der Waals surface area contributed by atoms with Crippen molar-refractivity contribution in [3.8, 4) is 17.6 Å². The fourth-order valence-electron chi connectivity index (χ4n) is 1.84. The predicted molar refractivity (Wildman–Crippen MR) is 82.2 cm³/mol. The van der Waals surface area contributed by atoms with Crippen molar-refractivity contribution in [3.63, 3.8) is 0 Å². The monoisotopic (exact) mass is 377 g/mol. The van der Waals surface area contributed by atoms with Crippen LogP contribution < -0.4 is 13.7 Å². The number of nitrogens with one attached hydrogen (secondary N) is 2. The smallest absolute Gasteiger partial charge is 0.326 e. The molecule has 0 unspecified atom stereocenters. The molecule has 1 aromatic rings. The van der Waals surface area contributed by atoms with E-state index in [0.29, 0.717) is 4.31 Å². The molecule has 1 aromatic carbocycles. The lowest BCUT2D eigenvalue weighted by molar-refractivity contribution is -0.117. The summed E-state index contributed by atoms with van der Waals surface area (Å²) >= 11 is 0. The normalized spacial score (nSPS) is 16.4. The molecule has 0 aliphatic carbocycles. The van der Waals surface area contributed by atoms with Gasteiger partial charge >= 0.3 is 10.2 Å². The SMILES string of the molecule is CS(=O)(=O)NCC#Cc1ccc(O)c(N2CC(=O)NS2(=O)=O)c1F. The highest BCUT2D eigenvalue weighted by Crippen LogP contribution is 2.34. The second kappa shape index (κ2) is 6.27. The van der Waals surface area contributed by atoms with E-state index < -0.39 is 49.9 Å². The second-order valence-electron chi connectivity index (χ2n) is 4.73. The Hall–Kier alpha value is -2.36. The van der Waals surface area contributed by atoms with Gasteiger partial charge in [0.1, 0.15) is 18.0 Å². The zero-order valence-electron chi connectivity index (χ0n) is 12.2. The summed E-state index contributed by atoms with van der Waals surface area (Å²) < 4.78 is 63.9. The number of amides is 1. The minimum Gasteiger partial charge on any atom is -0.506 e. The molecule has 0 radical (unpaired) electrons. The van der Waals surface area contributed by atoms with Gasteiger partial charge in [-0.25, -0.2) is 26.6 Å². The number of sulfonamides is 1. The first kappa shape index (κ1) is 18.0. The van der Waals surface area contributed by atoms with Crippen molar-refractivity contribution in [1.29, 1.82) is 0 Å². The van der Waals surface area contributed by atoms with Crippen LogP contribution >= 0.6 is 0 Å². The standard InChI is InChI=1S/C12H12FN3O6S2/c1-23(19,20)14-6-2-3-8-4-5-9(17)12(11(8)13)16-7-10(18)15-24(16,21)22/h4-5,14,17H,6-7H2,1H3,(H,15,18). The summed E-state index contributed by atoms with van der Waals surface area (Å²) in [4.78, 5) is 11.2. The van der Waals surface area contributed by atoms with E-state index >= 15 is 0 Å². The second-order valence-corrected chi connectivity index (χ2v) is 8.15. The highest BCUT2D eigenvalue weighted by molar-refractivity contribution is 7.92. The van der Waals surface area contributed by atoms with E-state index in [2.05, 4.69) is 16.6 Å². The van der Waals surface area contributed by atoms with Gasteiger partial charge in [-0.1, -0.05) is 11.8 Å². The molecule has 1 amide bonds. The minimum absolute atomic E-state index is 0.271. The van der Waals surface area contributed by atoms with Crippen LogP contribution in [-0.2, 0) is 25.0 Å². The molecule has 1 aliphatic rings. The summed E-state index contributed by atoms with van der Waals surface area (Å²) in [5, 5.41) is 9.75. The molecular weight excluding hydrogens is 365 g/mol. The quantitative estimate of drug-likeness (QED) is 0.556. The van der Waals surface area contributed by atoms with Gasteiger partial charge in [-0.05, 0) is 12.1 Å². The van der Waals surface area contributed by atoms with E-state index in [-0.39, 0.29) is 12.1 Å². The van der Waals surface area contributed by atoms with Crippen molar-refractivity contribution in [2.24, 2.45) is 0 Å². The van der Waals surface area contributed by atoms with Crippen LogP contribution in [0.5, 0.6) is 5.75 Å². The van der Waals surface area contributed by atoms with E-state index in [1.165, 1.54) is 0 Å². The summed E-state index contributed by atoms with van der Waals surface area (Å²) in [6, 6.07) is 2.12. The number of hydrogen-bond donors (Lipinski definition) is 3. The minimum atomic E-state index is -4.30. The Morgan fingerprint density at radius 3 is 2.67 bits per heavy atom. The van der Waals surface area contributed by atoms with Crippen LogP contribution in [0.2, 0.25) is 0 Å². The van der Waals surface area contributed by atoms with Crippen molar-refractivity contribution < 1.29 is 31.1 Å². The molecule has 1 aliphatic heterocycles. The lowest BCUT2D eigenvalue weighted by atomic mass is 10.1. The first-order valence-corrected chi connectivity index (χ1v) is 9.63. The molecule has 12 heteroatoms. The molecule has 9 nitrogen and oxygen atoms in total. The summed E-state index contributed by atoms with van der Waals surface area (Å²) in [5.41, 5.74) is -0.983. The van der Waals surface area contributed by atoms with Crippen LogP contribution in [0.15, 0.2) is 12.1 Å². The van der Waals surface area contributed by atoms with Crippen molar-refractivity contribution in [1.82, 2.24) is 9.44 Å². The first-order valence-electron chi connectivity index (χ1n) is 6.29. The molecule has 1 saturated heterocycles. The average Bonchev–Trinajstić information content (AvgIpc) is 2.69. The fraction of sp³-hybridized carbons (Fsp3) is 0.250. The van der Waals surface area contributed by atoms with Gasteiger partial charge in [0, 0.05) is 0 Å². The summed E-state index contributed by atoms with van der Waals surface area (Å²) in [6.07, 6.45) is 0.927. The third-order valence-electron chi connectivity index (χ3n) is 2.81. The Kier molecular flexibility index (Phi) is 4.70. The van der Waals surface area contributed by atoms with Gasteiger partial charge in [0.15, 0.2) is 5.82 Å². The first-order chi connectivity index (χ1) is 11.0. The van der Waals surface area contributed by atoms with Gasteiger partial charge in [-0.2, -0.15) is 8.42 Å².